The zero-order valence-electron chi connectivity index (χ0n) is 15.5. The molecule has 1 aliphatic rings. The quantitative estimate of drug-likeness (QED) is 0.731. The largest absolute Gasteiger partial charge is 0.349 e. The van der Waals surface area contributed by atoms with Gasteiger partial charge in [0, 0.05) is 26.1 Å². The van der Waals surface area contributed by atoms with Crippen molar-refractivity contribution < 1.29 is 0 Å². The molecule has 2 heterocycles. The molecular weight excluding hydrogens is 336 g/mol. The second-order valence-electron chi connectivity index (χ2n) is 7.06. The molecule has 1 aliphatic heterocycles. The minimum Gasteiger partial charge on any atom is -0.349 e. The van der Waals surface area contributed by atoms with Gasteiger partial charge in [0.1, 0.15) is 0 Å². The lowest BCUT2D eigenvalue weighted by Gasteiger charge is -2.28. The number of anilines is 1. The van der Waals surface area contributed by atoms with Gasteiger partial charge in [0.15, 0.2) is 0 Å². The first-order valence-electron chi connectivity index (χ1n) is 9.39. The summed E-state index contributed by atoms with van der Waals surface area (Å²) >= 11 is 0. The lowest BCUT2D eigenvalue weighted by atomic mass is 10.1. The van der Waals surface area contributed by atoms with Gasteiger partial charge in [0.25, 0.3) is 5.56 Å². The Balaban J connectivity index is 1.49. The van der Waals surface area contributed by atoms with Crippen molar-refractivity contribution in [2.45, 2.75) is 32.5 Å². The Morgan fingerprint density at radius 3 is 2.56 bits per heavy atom. The molecule has 0 bridgehead atoms. The molecule has 0 saturated heterocycles. The first-order chi connectivity index (χ1) is 13.2. The number of hydrogen-bond acceptors (Lipinski definition) is 4. The van der Waals surface area contributed by atoms with Crippen LogP contribution in [0.1, 0.15) is 35.3 Å². The molecule has 0 radical (unpaired) electrons. The SMILES string of the molecule is CC(Nc1nc2c(c(=O)[nH]1)CN(Cc1ccccc1)CC2)c1ccccc1. The summed E-state index contributed by atoms with van der Waals surface area (Å²) in [5.41, 5.74) is 4.08. The van der Waals surface area contributed by atoms with E-state index >= 15 is 0 Å². The zero-order valence-corrected chi connectivity index (χ0v) is 15.5. The van der Waals surface area contributed by atoms with E-state index in [-0.39, 0.29) is 11.6 Å². The molecule has 0 saturated carbocycles. The van der Waals surface area contributed by atoms with Crippen LogP contribution in [0.4, 0.5) is 5.95 Å². The number of aromatic amines is 1. The molecular formula is C22H24N4O. The monoisotopic (exact) mass is 360 g/mol. The van der Waals surface area contributed by atoms with Crippen molar-refractivity contribution in [2.24, 2.45) is 0 Å². The summed E-state index contributed by atoms with van der Waals surface area (Å²) in [5.74, 6) is 0.548. The number of nitrogens with one attached hydrogen (secondary N) is 2. The highest BCUT2D eigenvalue weighted by atomic mass is 16.1. The molecule has 2 N–H and O–H groups in total. The molecule has 1 atom stereocenters. The molecule has 0 amide bonds. The van der Waals surface area contributed by atoms with Gasteiger partial charge in [-0.25, -0.2) is 4.98 Å². The summed E-state index contributed by atoms with van der Waals surface area (Å²) in [5, 5.41) is 3.32. The highest BCUT2D eigenvalue weighted by Gasteiger charge is 2.21. The van der Waals surface area contributed by atoms with Gasteiger partial charge in [-0.3, -0.25) is 14.7 Å². The molecule has 1 unspecified atom stereocenters. The second kappa shape index (κ2) is 7.76. The lowest BCUT2D eigenvalue weighted by molar-refractivity contribution is 0.242. The Morgan fingerprint density at radius 1 is 1.11 bits per heavy atom. The summed E-state index contributed by atoms with van der Waals surface area (Å²) in [4.78, 5) is 22.5. The number of hydrogen-bond donors (Lipinski definition) is 2. The zero-order chi connectivity index (χ0) is 18.6. The third-order valence-corrected chi connectivity index (χ3v) is 5.05. The van der Waals surface area contributed by atoms with Crippen molar-refractivity contribution in [1.82, 2.24) is 14.9 Å². The highest BCUT2D eigenvalue weighted by Crippen LogP contribution is 2.20. The van der Waals surface area contributed by atoms with Crippen LogP contribution in [-0.4, -0.2) is 21.4 Å². The fourth-order valence-corrected chi connectivity index (χ4v) is 3.56. The number of benzene rings is 2. The molecule has 138 valence electrons. The number of nitrogens with zero attached hydrogens (tertiary/aromatic N) is 2. The Morgan fingerprint density at radius 2 is 1.81 bits per heavy atom. The van der Waals surface area contributed by atoms with Crippen molar-refractivity contribution >= 4 is 5.95 Å². The molecule has 0 aliphatic carbocycles. The van der Waals surface area contributed by atoms with Crippen molar-refractivity contribution in [2.75, 3.05) is 11.9 Å². The molecule has 5 heteroatoms. The summed E-state index contributed by atoms with van der Waals surface area (Å²) in [7, 11) is 0. The van der Waals surface area contributed by atoms with Crippen LogP contribution in [0.3, 0.4) is 0 Å². The Bertz CT molecular complexity index is 953. The molecule has 27 heavy (non-hydrogen) atoms. The van der Waals surface area contributed by atoms with Crippen LogP contribution in [0.5, 0.6) is 0 Å². The van der Waals surface area contributed by atoms with E-state index in [1.54, 1.807) is 0 Å². The summed E-state index contributed by atoms with van der Waals surface area (Å²) < 4.78 is 0. The Labute approximate surface area is 159 Å². The van der Waals surface area contributed by atoms with E-state index in [2.05, 4.69) is 51.4 Å². The first kappa shape index (κ1) is 17.5. The minimum atomic E-state index is -0.0412. The van der Waals surface area contributed by atoms with Gasteiger partial charge in [0.2, 0.25) is 5.95 Å². The Kier molecular flexibility index (Phi) is 5.03. The summed E-state index contributed by atoms with van der Waals surface area (Å²) in [6, 6.07) is 20.6. The first-order valence-corrected chi connectivity index (χ1v) is 9.39. The van der Waals surface area contributed by atoms with Crippen LogP contribution in [0.25, 0.3) is 0 Å². The maximum atomic E-state index is 12.6. The number of rotatable bonds is 5. The van der Waals surface area contributed by atoms with Crippen LogP contribution in [0, 0.1) is 0 Å². The van der Waals surface area contributed by atoms with E-state index in [9.17, 15) is 4.79 Å². The van der Waals surface area contributed by atoms with E-state index in [1.165, 1.54) is 5.56 Å². The minimum absolute atomic E-state index is 0.0412. The predicted molar refractivity (Wildman–Crippen MR) is 108 cm³/mol. The molecule has 0 spiro atoms. The van der Waals surface area contributed by atoms with Crippen LogP contribution < -0.4 is 10.9 Å². The standard InChI is InChI=1S/C22H24N4O/c1-16(18-10-6-3-7-11-18)23-22-24-20-12-13-26(15-19(20)21(27)25-22)14-17-8-4-2-5-9-17/h2-11,16H,12-15H2,1H3,(H2,23,24,25,27). The van der Waals surface area contributed by atoms with E-state index in [0.29, 0.717) is 12.5 Å². The number of aromatic nitrogens is 2. The van der Waals surface area contributed by atoms with Crippen LogP contribution in [-0.2, 0) is 19.5 Å². The van der Waals surface area contributed by atoms with Gasteiger partial charge in [-0.05, 0) is 18.1 Å². The topological polar surface area (TPSA) is 61.0 Å². The fraction of sp³-hybridized carbons (Fsp3) is 0.273. The molecule has 3 aromatic rings. The predicted octanol–water partition coefficient (Wildman–Crippen LogP) is 3.50. The molecule has 0 fully saturated rings. The van der Waals surface area contributed by atoms with Gasteiger partial charge < -0.3 is 5.32 Å². The normalized spacial score (nSPS) is 15.1. The molecule has 5 nitrogen and oxygen atoms in total. The van der Waals surface area contributed by atoms with E-state index < -0.39 is 0 Å². The maximum Gasteiger partial charge on any atom is 0.257 e. The average molecular weight is 360 g/mol. The van der Waals surface area contributed by atoms with Gasteiger partial charge >= 0.3 is 0 Å². The molecule has 2 aromatic carbocycles. The van der Waals surface area contributed by atoms with Crippen molar-refractivity contribution in [3.05, 3.63) is 93.4 Å². The van der Waals surface area contributed by atoms with Gasteiger partial charge in [-0.15, -0.1) is 0 Å². The number of H-pyrrole nitrogens is 1. The van der Waals surface area contributed by atoms with Crippen LogP contribution in [0.15, 0.2) is 65.5 Å². The van der Waals surface area contributed by atoms with Crippen molar-refractivity contribution in [1.29, 1.82) is 0 Å². The average Bonchev–Trinajstić information content (AvgIpc) is 2.70. The van der Waals surface area contributed by atoms with Gasteiger partial charge in [-0.1, -0.05) is 60.7 Å². The third kappa shape index (κ3) is 4.09. The highest BCUT2D eigenvalue weighted by molar-refractivity contribution is 5.35. The Hall–Kier alpha value is -2.92. The number of fused-ring (bicyclic) bond motifs is 1. The van der Waals surface area contributed by atoms with E-state index in [0.717, 1.165) is 36.3 Å². The second-order valence-corrected chi connectivity index (χ2v) is 7.06. The maximum absolute atomic E-state index is 12.6. The summed E-state index contributed by atoms with van der Waals surface area (Å²) in [6.07, 6.45) is 0.792. The van der Waals surface area contributed by atoms with Crippen LogP contribution in [0.2, 0.25) is 0 Å². The van der Waals surface area contributed by atoms with Crippen LogP contribution >= 0.6 is 0 Å². The van der Waals surface area contributed by atoms with Gasteiger partial charge in [-0.2, -0.15) is 0 Å². The molecule has 1 aromatic heterocycles. The van der Waals surface area contributed by atoms with E-state index in [1.807, 2.05) is 36.4 Å². The summed E-state index contributed by atoms with van der Waals surface area (Å²) in [6.45, 7) is 4.47. The smallest absolute Gasteiger partial charge is 0.257 e. The van der Waals surface area contributed by atoms with Crippen molar-refractivity contribution in [3.8, 4) is 0 Å². The van der Waals surface area contributed by atoms with Gasteiger partial charge in [0.05, 0.1) is 17.3 Å². The van der Waals surface area contributed by atoms with Crippen molar-refractivity contribution in [3.63, 3.8) is 0 Å². The third-order valence-electron chi connectivity index (χ3n) is 5.05. The van der Waals surface area contributed by atoms with E-state index in [4.69, 9.17) is 0 Å². The molecule has 4 rings (SSSR count). The fourth-order valence-electron chi connectivity index (χ4n) is 3.56. The lowest BCUT2D eigenvalue weighted by Crippen LogP contribution is -2.35.